The summed E-state index contributed by atoms with van der Waals surface area (Å²) in [6.45, 7) is 5.27. The predicted molar refractivity (Wildman–Crippen MR) is 36.1 cm³/mol. The molecule has 0 bridgehead atoms. The third kappa shape index (κ3) is 5.34. The van der Waals surface area contributed by atoms with E-state index in [-0.39, 0.29) is 0 Å². The molecule has 2 heteroatoms. The third-order valence-corrected chi connectivity index (χ3v) is 1.23. The molecule has 0 saturated heterocycles. The van der Waals surface area contributed by atoms with E-state index in [0.717, 1.165) is 12.8 Å². The molecule has 0 spiro atoms. The minimum absolute atomic E-state index is 0.506. The van der Waals surface area contributed by atoms with Crippen LogP contribution in [0.15, 0.2) is 0 Å². The van der Waals surface area contributed by atoms with Crippen LogP contribution in [0.4, 0.5) is 0 Å². The average molecular weight is 130 g/mol. The fraction of sp³-hybridized carbons (Fsp3) is 0.857. The summed E-state index contributed by atoms with van der Waals surface area (Å²) < 4.78 is 4.57. The zero-order chi connectivity index (χ0) is 7.11. The fourth-order valence-corrected chi connectivity index (χ4v) is 0.780. The summed E-state index contributed by atoms with van der Waals surface area (Å²) in [6.07, 6.45) is 2.29. The van der Waals surface area contributed by atoms with E-state index in [1.165, 1.54) is 0 Å². The lowest BCUT2D eigenvalue weighted by Gasteiger charge is -2.06. The first-order chi connectivity index (χ1) is 4.31. The van der Waals surface area contributed by atoms with Crippen molar-refractivity contribution < 1.29 is 9.53 Å². The maximum absolute atomic E-state index is 9.69. The van der Waals surface area contributed by atoms with Gasteiger partial charge >= 0.3 is 0 Å². The van der Waals surface area contributed by atoms with Crippen molar-refractivity contribution >= 4 is 6.47 Å². The van der Waals surface area contributed by atoms with Crippen LogP contribution in [0.25, 0.3) is 0 Å². The minimum Gasteiger partial charge on any atom is -0.468 e. The van der Waals surface area contributed by atoms with Gasteiger partial charge in [-0.2, -0.15) is 0 Å². The molecule has 0 aromatic rings. The molecular formula is C7H14O2. The van der Waals surface area contributed by atoms with Crippen LogP contribution in [0.3, 0.4) is 0 Å². The molecule has 0 radical (unpaired) electrons. The highest BCUT2D eigenvalue weighted by Crippen LogP contribution is 2.03. The lowest BCUT2D eigenvalue weighted by molar-refractivity contribution is -0.129. The largest absolute Gasteiger partial charge is 0.468 e. The van der Waals surface area contributed by atoms with Gasteiger partial charge in [0.2, 0.25) is 0 Å². The van der Waals surface area contributed by atoms with Gasteiger partial charge < -0.3 is 4.74 Å². The Morgan fingerprint density at radius 2 is 2.33 bits per heavy atom. The van der Waals surface area contributed by atoms with Crippen LogP contribution in [0.2, 0.25) is 0 Å². The summed E-state index contributed by atoms with van der Waals surface area (Å²) in [5.74, 6) is 0.514. The molecule has 1 unspecified atom stereocenters. The topological polar surface area (TPSA) is 26.3 Å². The van der Waals surface area contributed by atoms with Gasteiger partial charge in [0.05, 0.1) is 6.61 Å². The van der Waals surface area contributed by atoms with E-state index in [4.69, 9.17) is 0 Å². The second kappa shape index (κ2) is 5.60. The molecule has 1 atom stereocenters. The lowest BCUT2D eigenvalue weighted by Crippen LogP contribution is -2.03. The molecule has 0 aromatic carbocycles. The van der Waals surface area contributed by atoms with E-state index in [2.05, 4.69) is 18.6 Å². The molecule has 2 nitrogen and oxygen atoms in total. The minimum atomic E-state index is 0.506. The van der Waals surface area contributed by atoms with Crippen molar-refractivity contribution in [2.45, 2.75) is 26.7 Å². The Hall–Kier alpha value is -0.530. The summed E-state index contributed by atoms with van der Waals surface area (Å²) in [5, 5.41) is 0. The van der Waals surface area contributed by atoms with Crippen LogP contribution in [-0.4, -0.2) is 13.1 Å². The highest BCUT2D eigenvalue weighted by molar-refractivity contribution is 5.36. The first kappa shape index (κ1) is 8.47. The average Bonchev–Trinajstić information content (AvgIpc) is 1.85. The Bertz CT molecular complexity index is 71.3. The van der Waals surface area contributed by atoms with Crippen LogP contribution < -0.4 is 0 Å². The molecule has 0 aliphatic heterocycles. The molecule has 0 aromatic heterocycles. The molecular weight excluding hydrogens is 116 g/mol. The zero-order valence-corrected chi connectivity index (χ0v) is 6.09. The van der Waals surface area contributed by atoms with E-state index < -0.39 is 0 Å². The lowest BCUT2D eigenvalue weighted by atomic mass is 10.1. The molecule has 0 rings (SSSR count). The van der Waals surface area contributed by atoms with Gasteiger partial charge in [0.25, 0.3) is 6.47 Å². The SMILES string of the molecule is CCCC(C)COC=O. The maximum Gasteiger partial charge on any atom is 0.293 e. The molecule has 0 N–H and O–H groups in total. The van der Waals surface area contributed by atoms with Gasteiger partial charge in [-0.15, -0.1) is 0 Å². The third-order valence-electron chi connectivity index (χ3n) is 1.23. The Labute approximate surface area is 56.2 Å². The van der Waals surface area contributed by atoms with Crippen LogP contribution >= 0.6 is 0 Å². The zero-order valence-electron chi connectivity index (χ0n) is 6.09. The molecule has 0 aliphatic carbocycles. The van der Waals surface area contributed by atoms with Gasteiger partial charge in [0.1, 0.15) is 0 Å². The number of hydrogen-bond donors (Lipinski definition) is 0. The number of carbonyl (C=O) groups excluding carboxylic acids is 1. The first-order valence-electron chi connectivity index (χ1n) is 3.36. The van der Waals surface area contributed by atoms with Crippen molar-refractivity contribution in [3.8, 4) is 0 Å². The number of rotatable bonds is 5. The standard InChI is InChI=1S/C7H14O2/c1-3-4-7(2)5-9-6-8/h6-7H,3-5H2,1-2H3. The Kier molecular flexibility index (Phi) is 5.27. The van der Waals surface area contributed by atoms with Gasteiger partial charge in [0, 0.05) is 0 Å². The number of hydrogen-bond acceptors (Lipinski definition) is 2. The quantitative estimate of drug-likeness (QED) is 0.528. The van der Waals surface area contributed by atoms with E-state index in [9.17, 15) is 4.79 Å². The highest BCUT2D eigenvalue weighted by Gasteiger charge is 1.98. The monoisotopic (exact) mass is 130 g/mol. The van der Waals surface area contributed by atoms with Crippen molar-refractivity contribution in [1.29, 1.82) is 0 Å². The Morgan fingerprint density at radius 1 is 1.67 bits per heavy atom. The predicted octanol–water partition coefficient (Wildman–Crippen LogP) is 1.60. The van der Waals surface area contributed by atoms with Crippen molar-refractivity contribution in [3.05, 3.63) is 0 Å². The van der Waals surface area contributed by atoms with Gasteiger partial charge in [-0.25, -0.2) is 0 Å². The van der Waals surface area contributed by atoms with Crippen LogP contribution in [0.5, 0.6) is 0 Å². The van der Waals surface area contributed by atoms with Crippen LogP contribution in [0, 0.1) is 5.92 Å². The molecule has 54 valence electrons. The summed E-state index contributed by atoms with van der Waals surface area (Å²) >= 11 is 0. The van der Waals surface area contributed by atoms with Gasteiger partial charge in [0.15, 0.2) is 0 Å². The molecule has 0 saturated carbocycles. The number of ether oxygens (including phenoxy) is 1. The highest BCUT2D eigenvalue weighted by atomic mass is 16.5. The summed E-state index contributed by atoms with van der Waals surface area (Å²) in [4.78, 5) is 9.69. The maximum atomic E-state index is 9.69. The summed E-state index contributed by atoms with van der Waals surface area (Å²) in [6, 6.07) is 0. The normalized spacial score (nSPS) is 12.7. The van der Waals surface area contributed by atoms with Crippen LogP contribution in [0.1, 0.15) is 26.7 Å². The van der Waals surface area contributed by atoms with Gasteiger partial charge in [-0.1, -0.05) is 20.3 Å². The van der Waals surface area contributed by atoms with E-state index in [1.54, 1.807) is 0 Å². The van der Waals surface area contributed by atoms with Gasteiger partial charge in [-0.05, 0) is 12.3 Å². The second-order valence-corrected chi connectivity index (χ2v) is 2.32. The van der Waals surface area contributed by atoms with Crippen molar-refractivity contribution in [3.63, 3.8) is 0 Å². The van der Waals surface area contributed by atoms with E-state index >= 15 is 0 Å². The van der Waals surface area contributed by atoms with Crippen molar-refractivity contribution in [2.75, 3.05) is 6.61 Å². The van der Waals surface area contributed by atoms with Gasteiger partial charge in [-0.3, -0.25) is 4.79 Å². The fourth-order valence-electron chi connectivity index (χ4n) is 0.780. The second-order valence-electron chi connectivity index (χ2n) is 2.32. The molecule has 0 amide bonds. The first-order valence-corrected chi connectivity index (χ1v) is 3.36. The molecule has 9 heavy (non-hydrogen) atoms. The number of carbonyl (C=O) groups is 1. The Balaban J connectivity index is 3.04. The van der Waals surface area contributed by atoms with E-state index in [1.807, 2.05) is 0 Å². The van der Waals surface area contributed by atoms with Crippen molar-refractivity contribution in [2.24, 2.45) is 5.92 Å². The molecule has 0 fully saturated rings. The molecule has 0 aliphatic rings. The smallest absolute Gasteiger partial charge is 0.293 e. The Morgan fingerprint density at radius 3 is 2.78 bits per heavy atom. The van der Waals surface area contributed by atoms with E-state index in [0.29, 0.717) is 19.0 Å². The summed E-state index contributed by atoms with van der Waals surface area (Å²) in [5.41, 5.74) is 0. The summed E-state index contributed by atoms with van der Waals surface area (Å²) in [7, 11) is 0. The van der Waals surface area contributed by atoms with Crippen molar-refractivity contribution in [1.82, 2.24) is 0 Å². The molecule has 0 heterocycles. The van der Waals surface area contributed by atoms with Crippen LogP contribution in [-0.2, 0) is 9.53 Å².